The van der Waals surface area contributed by atoms with Crippen molar-refractivity contribution < 1.29 is 12.6 Å². The van der Waals surface area contributed by atoms with Gasteiger partial charge in [-0.05, 0) is 55.3 Å². The van der Waals surface area contributed by atoms with Gasteiger partial charge in [-0.1, -0.05) is 48.7 Å². The minimum Gasteiger partial charge on any atom is -0.286 e. The highest BCUT2D eigenvalue weighted by Crippen LogP contribution is 2.32. The summed E-state index contributed by atoms with van der Waals surface area (Å²) in [4.78, 5) is 0.539. The molecule has 0 heterocycles. The largest absolute Gasteiger partial charge is 0.286 e. The summed E-state index contributed by atoms with van der Waals surface area (Å²) in [6.07, 6.45) is 8.80. The fraction of sp³-hybridized carbons (Fsp3) is 0.300. The Morgan fingerprint density at radius 2 is 1.50 bits per heavy atom. The van der Waals surface area contributed by atoms with E-state index in [1.807, 2.05) is 13.8 Å². The zero-order valence-corrected chi connectivity index (χ0v) is 20.6. The van der Waals surface area contributed by atoms with Crippen LogP contribution < -0.4 is 9.44 Å². The van der Waals surface area contributed by atoms with Crippen LogP contribution in [-0.4, -0.2) is 24.9 Å². The first kappa shape index (κ1) is 28.7. The molecule has 0 bridgehead atoms. The molecule has 1 atom stereocenters. The highest BCUT2D eigenvalue weighted by Gasteiger charge is 2.19. The lowest BCUT2D eigenvalue weighted by Crippen LogP contribution is -2.28. The maximum Gasteiger partial charge on any atom is 0.209 e. The number of nitrogens with two attached hydrogens (primary N) is 1. The van der Waals surface area contributed by atoms with Crippen LogP contribution >= 0.6 is 34.8 Å². The Morgan fingerprint density at radius 3 is 2.03 bits per heavy atom. The number of benzene rings is 2. The summed E-state index contributed by atoms with van der Waals surface area (Å²) in [5.41, 5.74) is 0.503. The van der Waals surface area contributed by atoms with Gasteiger partial charge < -0.3 is 0 Å². The molecule has 0 fully saturated rings. The van der Waals surface area contributed by atoms with E-state index in [2.05, 4.69) is 12.8 Å². The van der Waals surface area contributed by atoms with Crippen molar-refractivity contribution >= 4 is 61.5 Å². The number of primary sulfonamides is 1. The van der Waals surface area contributed by atoms with E-state index in [4.69, 9.17) is 39.9 Å². The average molecular weight is 512 g/mol. The summed E-state index contributed by atoms with van der Waals surface area (Å²) in [5, 5.41) is 6.40. The van der Waals surface area contributed by atoms with Gasteiger partial charge in [-0.15, -0.1) is 12.8 Å². The topological polar surface area (TPSA) is 80.5 Å². The molecule has 0 saturated heterocycles. The van der Waals surface area contributed by atoms with Gasteiger partial charge in [0.1, 0.15) is 0 Å². The van der Waals surface area contributed by atoms with Crippen LogP contribution in [0, 0.1) is 12.8 Å². The summed E-state index contributed by atoms with van der Waals surface area (Å²) in [6, 6.07) is 11.5. The second-order valence-electron chi connectivity index (χ2n) is 5.48. The quantitative estimate of drug-likeness (QED) is 0.374. The molecule has 30 heavy (non-hydrogen) atoms. The molecule has 0 aliphatic carbocycles. The highest BCUT2D eigenvalue weighted by molar-refractivity contribution is 7.89. The third-order valence-corrected chi connectivity index (χ3v) is 6.55. The number of rotatable bonds is 8. The molecule has 0 aromatic heterocycles. The van der Waals surface area contributed by atoms with Crippen molar-refractivity contribution in [2.45, 2.75) is 31.6 Å². The lowest BCUT2D eigenvalue weighted by atomic mass is 10.3. The fourth-order valence-corrected chi connectivity index (χ4v) is 4.62. The van der Waals surface area contributed by atoms with E-state index in [9.17, 15) is 12.6 Å². The van der Waals surface area contributed by atoms with Gasteiger partial charge in [0.25, 0.3) is 0 Å². The van der Waals surface area contributed by atoms with Crippen LogP contribution in [0.15, 0.2) is 47.4 Å². The minimum absolute atomic E-state index is 0.141. The Hall–Kier alpha value is -1.27. The first-order valence-corrected chi connectivity index (χ1v) is 12.9. The van der Waals surface area contributed by atoms with E-state index in [1.165, 1.54) is 0 Å². The van der Waals surface area contributed by atoms with Gasteiger partial charge in [0.15, 0.2) is 11.0 Å². The lowest BCUT2D eigenvalue weighted by Gasteiger charge is -2.24. The Kier molecular flexibility index (Phi) is 14.1. The van der Waals surface area contributed by atoms with Gasteiger partial charge in [-0.25, -0.2) is 17.8 Å². The predicted octanol–water partition coefficient (Wildman–Crippen LogP) is 5.52. The molecule has 0 aliphatic rings. The number of sulfonamides is 1. The molecule has 0 aliphatic heterocycles. The predicted molar refractivity (Wildman–Crippen MR) is 130 cm³/mol. The molecule has 1 unspecified atom stereocenters. The maximum absolute atomic E-state index is 13.1. The molecule has 166 valence electrons. The number of anilines is 1. The Morgan fingerprint density at radius 1 is 0.967 bits per heavy atom. The number of halogens is 3. The molecule has 2 rings (SSSR count). The van der Waals surface area contributed by atoms with Crippen molar-refractivity contribution in [3.8, 4) is 12.8 Å². The van der Waals surface area contributed by atoms with Gasteiger partial charge in [0.05, 0.1) is 21.4 Å². The molecular weight excluding hydrogens is 487 g/mol. The Bertz CT molecular complexity index is 934. The molecule has 0 radical (unpaired) electrons. The number of unbranched alkanes of at least 4 members (excludes halogenated alkanes) is 1. The molecule has 2 aromatic rings. The second kappa shape index (κ2) is 14.7. The fourth-order valence-electron chi connectivity index (χ4n) is 2.21. The van der Waals surface area contributed by atoms with Crippen molar-refractivity contribution in [3.05, 3.63) is 57.5 Å². The summed E-state index contributed by atoms with van der Waals surface area (Å²) >= 11 is 18.2. The second-order valence-corrected chi connectivity index (χ2v) is 9.90. The third-order valence-electron chi connectivity index (χ3n) is 3.43. The van der Waals surface area contributed by atoms with Gasteiger partial charge in [-0.2, -0.15) is 0 Å². The van der Waals surface area contributed by atoms with E-state index in [0.717, 1.165) is 0 Å². The first-order chi connectivity index (χ1) is 14.2. The lowest BCUT2D eigenvalue weighted by molar-refractivity contribution is 0.593. The van der Waals surface area contributed by atoms with Crippen molar-refractivity contribution in [2.24, 2.45) is 5.14 Å². The third kappa shape index (κ3) is 10.2. The van der Waals surface area contributed by atoms with E-state index >= 15 is 0 Å². The molecule has 10 heteroatoms. The first-order valence-electron chi connectivity index (χ1n) is 8.91. The van der Waals surface area contributed by atoms with Gasteiger partial charge in [0, 0.05) is 16.6 Å². The molecule has 0 spiro atoms. The SMILES string of the molecule is C#C.CC.NS(=O)(=O)CCCCN(c1cc(Cl)ccc1Cl)S(=O)c1ccc(Cl)cc1. The smallest absolute Gasteiger partial charge is 0.209 e. The van der Waals surface area contributed by atoms with Crippen LogP contribution in [0.5, 0.6) is 0 Å². The maximum atomic E-state index is 13.1. The highest BCUT2D eigenvalue weighted by atomic mass is 35.5. The molecule has 2 N–H and O–H groups in total. The van der Waals surface area contributed by atoms with Crippen molar-refractivity contribution in [2.75, 3.05) is 16.6 Å². The van der Waals surface area contributed by atoms with Crippen LogP contribution in [0.4, 0.5) is 5.69 Å². The van der Waals surface area contributed by atoms with E-state index in [0.29, 0.717) is 45.0 Å². The standard InChI is InChI=1S/C16H17Cl3N2O3S2.C2H6.C2H2/c17-12-3-6-14(7-4-12)25(22)21(9-1-2-10-26(20,23)24)16-11-13(18)5-8-15(16)19;2*1-2/h3-8,11H,1-2,9-10H2,(H2,20,23,24);1-2H3;1-2H. The van der Waals surface area contributed by atoms with Crippen LogP contribution in [0.25, 0.3) is 0 Å². The minimum atomic E-state index is -3.53. The molecule has 2 aromatic carbocycles. The van der Waals surface area contributed by atoms with Gasteiger partial charge in [-0.3, -0.25) is 4.31 Å². The summed E-state index contributed by atoms with van der Waals surface area (Å²) in [6.45, 7) is 4.31. The average Bonchev–Trinajstić information content (AvgIpc) is 2.72. The van der Waals surface area contributed by atoms with Crippen molar-refractivity contribution in [3.63, 3.8) is 0 Å². The molecule has 0 saturated carbocycles. The Labute approximate surface area is 197 Å². The van der Waals surface area contributed by atoms with Crippen LogP contribution in [-0.2, 0) is 21.0 Å². The van der Waals surface area contributed by atoms with Crippen LogP contribution in [0.2, 0.25) is 15.1 Å². The zero-order chi connectivity index (χ0) is 23.3. The zero-order valence-electron chi connectivity index (χ0n) is 16.7. The van der Waals surface area contributed by atoms with E-state index in [1.54, 1.807) is 46.8 Å². The summed E-state index contributed by atoms with van der Waals surface area (Å²) in [7, 11) is -5.11. The molecule has 5 nitrogen and oxygen atoms in total. The number of hydrogen-bond acceptors (Lipinski definition) is 3. The summed E-state index contributed by atoms with van der Waals surface area (Å²) < 4.78 is 36.8. The monoisotopic (exact) mass is 510 g/mol. The molecule has 0 amide bonds. The molecular formula is C20H25Cl3N2O3S2. The van der Waals surface area contributed by atoms with Crippen molar-refractivity contribution in [1.82, 2.24) is 0 Å². The Balaban J connectivity index is 0.00000198. The number of hydrogen-bond donors (Lipinski definition) is 1. The van der Waals surface area contributed by atoms with Crippen LogP contribution in [0.3, 0.4) is 0 Å². The van der Waals surface area contributed by atoms with Crippen LogP contribution in [0.1, 0.15) is 26.7 Å². The van der Waals surface area contributed by atoms with Crippen molar-refractivity contribution in [1.29, 1.82) is 0 Å². The number of nitrogens with zero attached hydrogens (tertiary/aromatic N) is 1. The summed E-state index contributed by atoms with van der Waals surface area (Å²) in [5.74, 6) is -0.141. The number of terminal acetylenes is 1. The normalized spacial score (nSPS) is 11.3. The van der Waals surface area contributed by atoms with Gasteiger partial charge >= 0.3 is 0 Å². The van der Waals surface area contributed by atoms with E-state index < -0.39 is 21.0 Å². The van der Waals surface area contributed by atoms with Gasteiger partial charge in [0.2, 0.25) is 10.0 Å². The van der Waals surface area contributed by atoms with E-state index in [-0.39, 0.29) is 5.75 Å².